The Morgan fingerprint density at radius 2 is 2.17 bits per heavy atom. The summed E-state index contributed by atoms with van der Waals surface area (Å²) in [4.78, 5) is 25.1. The molecule has 3 heterocycles. The summed E-state index contributed by atoms with van der Waals surface area (Å²) in [6.07, 6.45) is 4.09. The molecule has 128 valence electrons. The van der Waals surface area contributed by atoms with Crippen LogP contribution in [0, 0.1) is 0 Å². The van der Waals surface area contributed by atoms with Gasteiger partial charge in [-0.3, -0.25) is 4.79 Å². The molecule has 7 heteroatoms. The predicted octanol–water partition coefficient (Wildman–Crippen LogP) is 2.68. The van der Waals surface area contributed by atoms with E-state index in [1.165, 1.54) is 11.3 Å². The Balaban J connectivity index is 1.67. The van der Waals surface area contributed by atoms with E-state index in [9.17, 15) is 4.79 Å². The molecular weight excluding hydrogens is 324 g/mol. The molecule has 1 atom stereocenters. The average molecular weight is 346 g/mol. The zero-order chi connectivity index (χ0) is 16.9. The van der Waals surface area contributed by atoms with Crippen molar-refractivity contribution in [3.8, 4) is 5.88 Å². The highest BCUT2D eigenvalue weighted by atomic mass is 32.1. The minimum Gasteiger partial charge on any atom is -0.470 e. The molecule has 0 aromatic carbocycles. The summed E-state index contributed by atoms with van der Waals surface area (Å²) < 4.78 is 6.08. The van der Waals surface area contributed by atoms with Crippen LogP contribution in [0.4, 0.5) is 5.82 Å². The minimum absolute atomic E-state index is 0.0430. The Bertz CT molecular complexity index is 673. The molecule has 1 fully saturated rings. The lowest BCUT2D eigenvalue weighted by Gasteiger charge is -2.23. The topological polar surface area (TPSA) is 58.6 Å². The van der Waals surface area contributed by atoms with Crippen molar-refractivity contribution in [3.05, 3.63) is 34.8 Å². The number of hydrogen-bond donors (Lipinski definition) is 0. The average Bonchev–Trinajstić information content (AvgIpc) is 3.28. The minimum atomic E-state index is -0.0430. The largest absolute Gasteiger partial charge is 0.470 e. The van der Waals surface area contributed by atoms with Crippen molar-refractivity contribution in [1.29, 1.82) is 0 Å². The monoisotopic (exact) mass is 346 g/mol. The molecule has 2 aromatic rings. The van der Waals surface area contributed by atoms with Gasteiger partial charge in [0.05, 0.1) is 12.1 Å². The molecule has 1 amide bonds. The third kappa shape index (κ3) is 3.51. The van der Waals surface area contributed by atoms with Crippen molar-refractivity contribution < 1.29 is 9.53 Å². The van der Waals surface area contributed by atoms with Gasteiger partial charge in [0.25, 0.3) is 11.8 Å². The SMILES string of the molecule is CCN(CC)c1nccnc1OC1CCN(C(=O)c2ccsc2)C1. The lowest BCUT2D eigenvalue weighted by molar-refractivity contribution is 0.0772. The number of amides is 1. The Kier molecular flexibility index (Phi) is 5.30. The fourth-order valence-corrected chi connectivity index (χ4v) is 3.51. The summed E-state index contributed by atoms with van der Waals surface area (Å²) >= 11 is 1.54. The zero-order valence-electron chi connectivity index (χ0n) is 14.0. The molecule has 1 saturated heterocycles. The van der Waals surface area contributed by atoms with E-state index in [-0.39, 0.29) is 12.0 Å². The second kappa shape index (κ2) is 7.61. The maximum atomic E-state index is 12.4. The van der Waals surface area contributed by atoms with E-state index in [1.54, 1.807) is 12.4 Å². The van der Waals surface area contributed by atoms with Gasteiger partial charge in [0.15, 0.2) is 5.82 Å². The van der Waals surface area contributed by atoms with Gasteiger partial charge < -0.3 is 14.5 Å². The highest BCUT2D eigenvalue weighted by Gasteiger charge is 2.29. The van der Waals surface area contributed by atoms with Crippen LogP contribution in [0.15, 0.2) is 29.2 Å². The third-order valence-electron chi connectivity index (χ3n) is 4.19. The highest BCUT2D eigenvalue weighted by Crippen LogP contribution is 2.26. The summed E-state index contributed by atoms with van der Waals surface area (Å²) in [5, 5.41) is 3.81. The molecule has 0 radical (unpaired) electrons. The number of aromatic nitrogens is 2. The summed E-state index contributed by atoms with van der Waals surface area (Å²) in [7, 11) is 0. The second-order valence-corrected chi connectivity index (χ2v) is 6.43. The van der Waals surface area contributed by atoms with Gasteiger partial charge in [-0.15, -0.1) is 0 Å². The number of likely N-dealkylation sites (tertiary alicyclic amines) is 1. The second-order valence-electron chi connectivity index (χ2n) is 5.65. The van der Waals surface area contributed by atoms with Crippen molar-refractivity contribution in [1.82, 2.24) is 14.9 Å². The molecule has 1 aliphatic heterocycles. The van der Waals surface area contributed by atoms with Crippen molar-refractivity contribution in [2.75, 3.05) is 31.1 Å². The first-order chi connectivity index (χ1) is 11.7. The molecule has 2 aromatic heterocycles. The predicted molar refractivity (Wildman–Crippen MR) is 94.8 cm³/mol. The highest BCUT2D eigenvalue weighted by molar-refractivity contribution is 7.08. The molecule has 0 spiro atoms. The Morgan fingerprint density at radius 3 is 2.88 bits per heavy atom. The van der Waals surface area contributed by atoms with Gasteiger partial charge >= 0.3 is 0 Å². The van der Waals surface area contributed by atoms with E-state index in [2.05, 4.69) is 28.7 Å². The van der Waals surface area contributed by atoms with E-state index in [0.29, 0.717) is 19.0 Å². The van der Waals surface area contributed by atoms with Crippen LogP contribution < -0.4 is 9.64 Å². The number of carbonyl (C=O) groups is 1. The maximum absolute atomic E-state index is 12.4. The Labute approximate surface area is 146 Å². The number of carbonyl (C=O) groups excluding carboxylic acids is 1. The number of ether oxygens (including phenoxy) is 1. The fraction of sp³-hybridized carbons (Fsp3) is 0.471. The molecule has 0 N–H and O–H groups in total. The first kappa shape index (κ1) is 16.7. The molecule has 1 aliphatic rings. The number of nitrogens with zero attached hydrogens (tertiary/aromatic N) is 4. The van der Waals surface area contributed by atoms with Crippen LogP contribution in [0.5, 0.6) is 5.88 Å². The van der Waals surface area contributed by atoms with E-state index in [4.69, 9.17) is 4.74 Å². The Hall–Kier alpha value is -2.15. The number of thiophene rings is 1. The van der Waals surface area contributed by atoms with Gasteiger partial charge in [-0.2, -0.15) is 11.3 Å². The van der Waals surface area contributed by atoms with E-state index in [1.807, 2.05) is 21.7 Å². The van der Waals surface area contributed by atoms with Gasteiger partial charge in [-0.25, -0.2) is 9.97 Å². The van der Waals surface area contributed by atoms with E-state index in [0.717, 1.165) is 30.9 Å². The number of anilines is 1. The van der Waals surface area contributed by atoms with Gasteiger partial charge in [0, 0.05) is 43.8 Å². The van der Waals surface area contributed by atoms with Gasteiger partial charge in [-0.05, 0) is 25.3 Å². The van der Waals surface area contributed by atoms with Crippen molar-refractivity contribution >= 4 is 23.1 Å². The van der Waals surface area contributed by atoms with Gasteiger partial charge in [0.1, 0.15) is 6.10 Å². The van der Waals surface area contributed by atoms with Crippen LogP contribution in [0.1, 0.15) is 30.6 Å². The van der Waals surface area contributed by atoms with Gasteiger partial charge in [-0.1, -0.05) is 0 Å². The smallest absolute Gasteiger partial charge is 0.257 e. The first-order valence-corrected chi connectivity index (χ1v) is 9.21. The van der Waals surface area contributed by atoms with Crippen LogP contribution in [0.25, 0.3) is 0 Å². The molecule has 0 aliphatic carbocycles. The standard InChI is InChI=1S/C17H22N4O2S/c1-3-20(4-2)15-16(19-8-7-18-15)23-14-5-9-21(11-14)17(22)13-6-10-24-12-13/h6-8,10,12,14H,3-5,9,11H2,1-2H3. The lowest BCUT2D eigenvalue weighted by Crippen LogP contribution is -2.31. The molecule has 6 nitrogen and oxygen atoms in total. The molecule has 0 saturated carbocycles. The quantitative estimate of drug-likeness (QED) is 0.805. The summed E-state index contributed by atoms with van der Waals surface area (Å²) in [5.74, 6) is 1.40. The van der Waals surface area contributed by atoms with Crippen LogP contribution >= 0.6 is 11.3 Å². The maximum Gasteiger partial charge on any atom is 0.257 e. The van der Waals surface area contributed by atoms with Crippen molar-refractivity contribution in [2.24, 2.45) is 0 Å². The van der Waals surface area contributed by atoms with Gasteiger partial charge in [0.2, 0.25) is 0 Å². The fourth-order valence-electron chi connectivity index (χ4n) is 2.88. The number of rotatable bonds is 6. The van der Waals surface area contributed by atoms with E-state index >= 15 is 0 Å². The summed E-state index contributed by atoms with van der Waals surface area (Å²) in [6.45, 7) is 7.15. The molecule has 3 rings (SSSR count). The summed E-state index contributed by atoms with van der Waals surface area (Å²) in [6, 6.07) is 1.86. The van der Waals surface area contributed by atoms with Crippen molar-refractivity contribution in [3.63, 3.8) is 0 Å². The third-order valence-corrected chi connectivity index (χ3v) is 4.87. The Morgan fingerprint density at radius 1 is 1.38 bits per heavy atom. The normalized spacial score (nSPS) is 17.1. The zero-order valence-corrected chi connectivity index (χ0v) is 14.8. The molecule has 0 bridgehead atoms. The molecule has 1 unspecified atom stereocenters. The van der Waals surface area contributed by atoms with Crippen LogP contribution in [-0.4, -0.2) is 53.1 Å². The van der Waals surface area contributed by atoms with Crippen LogP contribution in [0.2, 0.25) is 0 Å². The first-order valence-electron chi connectivity index (χ1n) is 8.27. The lowest BCUT2D eigenvalue weighted by atomic mass is 10.3. The van der Waals surface area contributed by atoms with E-state index < -0.39 is 0 Å². The molecule has 24 heavy (non-hydrogen) atoms. The van der Waals surface area contributed by atoms with Crippen LogP contribution in [0.3, 0.4) is 0 Å². The van der Waals surface area contributed by atoms with Crippen LogP contribution in [-0.2, 0) is 0 Å². The summed E-state index contributed by atoms with van der Waals surface area (Å²) in [5.41, 5.74) is 0.754. The molecular formula is C17H22N4O2S. The number of hydrogen-bond acceptors (Lipinski definition) is 6. The van der Waals surface area contributed by atoms with Crippen molar-refractivity contribution in [2.45, 2.75) is 26.4 Å².